The molecule has 2 rings (SSSR count). The van der Waals surface area contributed by atoms with Gasteiger partial charge in [-0.3, -0.25) is 9.59 Å². The van der Waals surface area contributed by atoms with Crippen LogP contribution < -0.4 is 0 Å². The number of rotatable bonds is 9. The zero-order valence-electron chi connectivity index (χ0n) is 16.2. The zero-order valence-corrected chi connectivity index (χ0v) is 16.2. The Morgan fingerprint density at radius 2 is 2.00 bits per heavy atom. The van der Waals surface area contributed by atoms with E-state index in [4.69, 9.17) is 4.74 Å². The molecule has 0 radical (unpaired) electrons. The third-order valence-electron chi connectivity index (χ3n) is 4.72. The molecule has 0 bridgehead atoms. The summed E-state index contributed by atoms with van der Waals surface area (Å²) < 4.78 is 5.10. The molecule has 3 atom stereocenters. The SMILES string of the molecule is CC(C)OC(=O)CCC/C=C\C[C@H]1C(=O)C[C@@H](O)[C@@H]1/C=C/c1ccccc1. The van der Waals surface area contributed by atoms with Crippen LogP contribution in [-0.2, 0) is 14.3 Å². The molecule has 1 N–H and O–H groups in total. The summed E-state index contributed by atoms with van der Waals surface area (Å²) in [5.41, 5.74) is 1.06. The lowest BCUT2D eigenvalue weighted by Crippen LogP contribution is -2.17. The molecule has 1 aromatic carbocycles. The van der Waals surface area contributed by atoms with Crippen molar-refractivity contribution in [1.82, 2.24) is 0 Å². The normalized spacial score (nSPS) is 23.0. The molecule has 1 aliphatic rings. The number of aliphatic hydroxyl groups excluding tert-OH is 1. The highest BCUT2D eigenvalue weighted by Gasteiger charge is 2.39. The molecule has 27 heavy (non-hydrogen) atoms. The number of ether oxygens (including phenoxy) is 1. The number of aliphatic hydroxyl groups is 1. The summed E-state index contributed by atoms with van der Waals surface area (Å²) in [5, 5.41) is 10.2. The van der Waals surface area contributed by atoms with Gasteiger partial charge in [-0.1, -0.05) is 54.6 Å². The lowest BCUT2D eigenvalue weighted by molar-refractivity contribution is -0.147. The largest absolute Gasteiger partial charge is 0.463 e. The van der Waals surface area contributed by atoms with Crippen LogP contribution in [0.3, 0.4) is 0 Å². The van der Waals surface area contributed by atoms with Crippen molar-refractivity contribution in [2.24, 2.45) is 11.8 Å². The summed E-state index contributed by atoms with van der Waals surface area (Å²) in [5.74, 6) is -0.375. The number of hydrogen-bond acceptors (Lipinski definition) is 4. The van der Waals surface area contributed by atoms with E-state index in [0.29, 0.717) is 12.8 Å². The van der Waals surface area contributed by atoms with Crippen LogP contribution >= 0.6 is 0 Å². The first-order chi connectivity index (χ1) is 13.0. The Morgan fingerprint density at radius 1 is 1.26 bits per heavy atom. The minimum atomic E-state index is -0.610. The van der Waals surface area contributed by atoms with Gasteiger partial charge in [-0.2, -0.15) is 0 Å². The minimum absolute atomic E-state index is 0.0753. The number of Topliss-reactive ketones (excluding diaryl/α,β-unsaturated/α-hetero) is 1. The van der Waals surface area contributed by atoms with Crippen molar-refractivity contribution in [3.8, 4) is 0 Å². The first-order valence-electron chi connectivity index (χ1n) is 9.76. The Bertz CT molecular complexity index is 660. The predicted molar refractivity (Wildman–Crippen MR) is 107 cm³/mol. The van der Waals surface area contributed by atoms with Gasteiger partial charge in [0.25, 0.3) is 0 Å². The highest BCUT2D eigenvalue weighted by Crippen LogP contribution is 2.33. The maximum absolute atomic E-state index is 12.2. The van der Waals surface area contributed by atoms with Gasteiger partial charge in [-0.15, -0.1) is 0 Å². The van der Waals surface area contributed by atoms with Crippen molar-refractivity contribution < 1.29 is 19.4 Å². The third kappa shape index (κ3) is 7.14. The van der Waals surface area contributed by atoms with E-state index in [0.717, 1.165) is 18.4 Å². The van der Waals surface area contributed by atoms with E-state index in [-0.39, 0.29) is 36.1 Å². The summed E-state index contributed by atoms with van der Waals surface area (Å²) in [4.78, 5) is 23.7. The topological polar surface area (TPSA) is 63.6 Å². The Balaban J connectivity index is 1.81. The summed E-state index contributed by atoms with van der Waals surface area (Å²) in [6.07, 6.45) is 10.0. The molecule has 0 spiro atoms. The Kier molecular flexibility index (Phi) is 8.46. The second kappa shape index (κ2) is 10.8. The van der Waals surface area contributed by atoms with Crippen molar-refractivity contribution in [2.45, 2.75) is 58.2 Å². The van der Waals surface area contributed by atoms with E-state index < -0.39 is 6.10 Å². The van der Waals surface area contributed by atoms with Gasteiger partial charge in [0, 0.05) is 24.7 Å². The number of carbonyl (C=O) groups is 2. The van der Waals surface area contributed by atoms with E-state index >= 15 is 0 Å². The van der Waals surface area contributed by atoms with Crippen molar-refractivity contribution >= 4 is 17.8 Å². The molecule has 0 aromatic heterocycles. The molecule has 1 fully saturated rings. The van der Waals surface area contributed by atoms with Gasteiger partial charge in [0.15, 0.2) is 0 Å². The molecule has 1 aromatic rings. The molecule has 0 unspecified atom stereocenters. The van der Waals surface area contributed by atoms with Crippen LogP contribution in [0, 0.1) is 11.8 Å². The molecular formula is C23H30O4. The molecule has 1 aliphatic carbocycles. The molecule has 146 valence electrons. The number of hydrogen-bond donors (Lipinski definition) is 1. The second-order valence-corrected chi connectivity index (χ2v) is 7.33. The zero-order chi connectivity index (χ0) is 19.6. The van der Waals surface area contributed by atoms with Gasteiger partial charge in [0.2, 0.25) is 0 Å². The summed E-state index contributed by atoms with van der Waals surface area (Å²) in [6, 6.07) is 9.89. The summed E-state index contributed by atoms with van der Waals surface area (Å²) in [7, 11) is 0. The van der Waals surface area contributed by atoms with Gasteiger partial charge in [0.05, 0.1) is 12.2 Å². The average molecular weight is 370 g/mol. The van der Waals surface area contributed by atoms with E-state index in [9.17, 15) is 14.7 Å². The Hall–Kier alpha value is -2.20. The van der Waals surface area contributed by atoms with Gasteiger partial charge in [-0.25, -0.2) is 0 Å². The molecule has 4 heteroatoms. The number of allylic oxidation sites excluding steroid dienone is 2. The third-order valence-corrected chi connectivity index (χ3v) is 4.72. The highest BCUT2D eigenvalue weighted by atomic mass is 16.5. The van der Waals surface area contributed by atoms with Crippen molar-refractivity contribution in [1.29, 1.82) is 0 Å². The fourth-order valence-electron chi connectivity index (χ4n) is 3.36. The maximum Gasteiger partial charge on any atom is 0.306 e. The van der Waals surface area contributed by atoms with Crippen LogP contribution in [0.1, 0.15) is 51.5 Å². The van der Waals surface area contributed by atoms with Gasteiger partial charge in [0.1, 0.15) is 5.78 Å². The number of unbranched alkanes of at least 4 members (excludes halogenated alkanes) is 1. The number of ketones is 1. The minimum Gasteiger partial charge on any atom is -0.463 e. The monoisotopic (exact) mass is 370 g/mol. The van der Waals surface area contributed by atoms with Crippen LogP contribution in [0.2, 0.25) is 0 Å². The molecule has 0 amide bonds. The molecule has 4 nitrogen and oxygen atoms in total. The second-order valence-electron chi connectivity index (χ2n) is 7.33. The predicted octanol–water partition coefficient (Wildman–Crippen LogP) is 4.33. The van der Waals surface area contributed by atoms with E-state index in [1.807, 2.05) is 68.5 Å². The lowest BCUT2D eigenvalue weighted by Gasteiger charge is -2.15. The Labute approximate surface area is 161 Å². The molecular weight excluding hydrogens is 340 g/mol. The number of esters is 1. The van der Waals surface area contributed by atoms with Gasteiger partial charge >= 0.3 is 5.97 Å². The van der Waals surface area contributed by atoms with Crippen molar-refractivity contribution in [3.63, 3.8) is 0 Å². The van der Waals surface area contributed by atoms with E-state index in [2.05, 4.69) is 0 Å². The molecule has 0 saturated heterocycles. The van der Waals surface area contributed by atoms with E-state index in [1.165, 1.54) is 0 Å². The smallest absolute Gasteiger partial charge is 0.306 e. The highest BCUT2D eigenvalue weighted by molar-refractivity contribution is 5.85. The summed E-state index contributed by atoms with van der Waals surface area (Å²) in [6.45, 7) is 3.68. The van der Waals surface area contributed by atoms with Crippen molar-refractivity contribution in [3.05, 3.63) is 54.1 Å². The first kappa shape index (κ1) is 21.1. The van der Waals surface area contributed by atoms with Gasteiger partial charge in [-0.05, 0) is 38.7 Å². The standard InChI is InChI=1S/C23H30O4/c1-17(2)27-23(26)13-9-4-3-8-12-19-20(22(25)16-21(19)24)15-14-18-10-6-5-7-11-18/h3,5-8,10-11,14-15,17,19-20,22,25H,4,9,12-13,16H2,1-2H3/b8-3-,15-14+/t19-,20-,22-/m1/s1. The van der Waals surface area contributed by atoms with Crippen LogP contribution in [-0.4, -0.2) is 29.1 Å². The maximum atomic E-state index is 12.2. The van der Waals surface area contributed by atoms with E-state index in [1.54, 1.807) is 0 Å². The van der Waals surface area contributed by atoms with Crippen molar-refractivity contribution in [2.75, 3.05) is 0 Å². The van der Waals surface area contributed by atoms with Crippen LogP contribution in [0.25, 0.3) is 6.08 Å². The quantitative estimate of drug-likeness (QED) is 0.399. The van der Waals surface area contributed by atoms with Crippen LogP contribution in [0.15, 0.2) is 48.6 Å². The Morgan fingerprint density at radius 3 is 2.70 bits per heavy atom. The fraction of sp³-hybridized carbons (Fsp3) is 0.478. The summed E-state index contributed by atoms with van der Waals surface area (Å²) >= 11 is 0. The van der Waals surface area contributed by atoms with Crippen LogP contribution in [0.5, 0.6) is 0 Å². The van der Waals surface area contributed by atoms with Crippen LogP contribution in [0.4, 0.5) is 0 Å². The first-order valence-corrected chi connectivity index (χ1v) is 9.76. The fourth-order valence-corrected chi connectivity index (χ4v) is 3.36. The molecule has 1 saturated carbocycles. The number of benzene rings is 1. The molecule has 0 aliphatic heterocycles. The number of carbonyl (C=O) groups excluding carboxylic acids is 2. The molecule has 0 heterocycles. The average Bonchev–Trinajstić information content (AvgIpc) is 2.89. The van der Waals surface area contributed by atoms with Gasteiger partial charge < -0.3 is 9.84 Å². The lowest BCUT2D eigenvalue weighted by atomic mass is 9.90.